The summed E-state index contributed by atoms with van der Waals surface area (Å²) < 4.78 is 3.57. The van der Waals surface area contributed by atoms with E-state index in [1.165, 1.54) is 58.0 Å². The van der Waals surface area contributed by atoms with E-state index in [0.717, 1.165) is 30.7 Å². The third kappa shape index (κ3) is 6.34. The molecule has 2 aliphatic rings. The molecule has 0 atom stereocenters. The summed E-state index contributed by atoms with van der Waals surface area (Å²) in [4.78, 5) is 14.9. The molecule has 0 aromatic heterocycles. The number of ketones is 1. The Morgan fingerprint density at radius 1 is 1.08 bits per heavy atom. The highest BCUT2D eigenvalue weighted by molar-refractivity contribution is 7.98. The highest BCUT2D eigenvalue weighted by Crippen LogP contribution is 2.32. The summed E-state index contributed by atoms with van der Waals surface area (Å²) in [5.74, 6) is 1.06. The molecule has 2 fully saturated rings. The summed E-state index contributed by atoms with van der Waals surface area (Å²) in [5, 5.41) is 0.793. The van der Waals surface area contributed by atoms with E-state index in [1.54, 1.807) is 0 Å². The van der Waals surface area contributed by atoms with Crippen LogP contribution in [0.15, 0.2) is 0 Å². The third-order valence-corrected chi connectivity index (χ3v) is 6.97. The Morgan fingerprint density at radius 2 is 1.75 bits per heavy atom. The first-order chi connectivity index (χ1) is 11.6. The van der Waals surface area contributed by atoms with Crippen molar-refractivity contribution in [2.45, 2.75) is 89.9 Å². The van der Waals surface area contributed by atoms with Crippen LogP contribution in [0.4, 0.5) is 0 Å². The fourth-order valence-corrected chi connectivity index (χ4v) is 5.12. The Kier molecular flexibility index (Phi) is 9.13. The molecule has 0 aromatic carbocycles. The van der Waals surface area contributed by atoms with Crippen molar-refractivity contribution in [2.24, 2.45) is 11.8 Å². The molecule has 1 saturated heterocycles. The Bertz CT molecular complexity index is 359. The molecule has 0 radical (unpaired) electrons. The number of hydrogen-bond acceptors (Lipinski definition) is 4. The van der Waals surface area contributed by atoms with Gasteiger partial charge in [0.25, 0.3) is 0 Å². The minimum atomic E-state index is 0.212. The molecule has 0 spiro atoms. The minimum absolute atomic E-state index is 0.212. The Labute approximate surface area is 153 Å². The molecule has 140 valence electrons. The van der Waals surface area contributed by atoms with Gasteiger partial charge in [-0.15, -0.1) is 0 Å². The number of carbonyl (C=O) groups is 1. The SMILES string of the molecule is CCCCCNSC1CCN(C2CCC(C(=O)C(C)C)CC2)CC1. The number of hydrogen-bond donors (Lipinski definition) is 1. The van der Waals surface area contributed by atoms with Crippen LogP contribution in [0.3, 0.4) is 0 Å². The zero-order chi connectivity index (χ0) is 17.4. The third-order valence-electron chi connectivity index (χ3n) is 5.79. The number of unbranched alkanes of at least 4 members (excludes halogenated alkanes) is 2. The summed E-state index contributed by atoms with van der Waals surface area (Å²) in [6.07, 6.45) is 11.3. The molecule has 24 heavy (non-hydrogen) atoms. The Hall–Kier alpha value is -0.0600. The zero-order valence-corrected chi connectivity index (χ0v) is 16.9. The molecule has 0 aromatic rings. The van der Waals surface area contributed by atoms with E-state index < -0.39 is 0 Å². The smallest absolute Gasteiger partial charge is 0.138 e. The Balaban J connectivity index is 1.60. The van der Waals surface area contributed by atoms with Crippen molar-refractivity contribution < 1.29 is 4.79 Å². The van der Waals surface area contributed by atoms with E-state index in [2.05, 4.69) is 16.5 Å². The van der Waals surface area contributed by atoms with E-state index >= 15 is 0 Å². The van der Waals surface area contributed by atoms with Gasteiger partial charge < -0.3 is 4.90 Å². The lowest BCUT2D eigenvalue weighted by Crippen LogP contribution is -2.44. The lowest BCUT2D eigenvalue weighted by Gasteiger charge is -2.40. The summed E-state index contributed by atoms with van der Waals surface area (Å²) in [7, 11) is 0. The number of piperidine rings is 1. The minimum Gasteiger partial charge on any atom is -0.300 e. The molecule has 2 rings (SSSR count). The van der Waals surface area contributed by atoms with Gasteiger partial charge in [-0.1, -0.05) is 45.6 Å². The average molecular weight is 355 g/mol. The second-order valence-corrected chi connectivity index (χ2v) is 9.21. The molecule has 4 heteroatoms. The van der Waals surface area contributed by atoms with E-state index in [4.69, 9.17) is 0 Å². The number of Topliss-reactive ketones (excluding diaryl/α,β-unsaturated/α-hetero) is 1. The van der Waals surface area contributed by atoms with Crippen molar-refractivity contribution in [2.75, 3.05) is 19.6 Å². The largest absolute Gasteiger partial charge is 0.300 e. The van der Waals surface area contributed by atoms with E-state index in [-0.39, 0.29) is 5.92 Å². The molecule has 0 bridgehead atoms. The van der Waals surface area contributed by atoms with Crippen LogP contribution in [-0.2, 0) is 4.79 Å². The highest BCUT2D eigenvalue weighted by atomic mass is 32.2. The van der Waals surface area contributed by atoms with Crippen LogP contribution in [0.1, 0.15) is 78.6 Å². The fourth-order valence-electron chi connectivity index (χ4n) is 4.18. The maximum absolute atomic E-state index is 12.2. The number of nitrogens with one attached hydrogen (secondary N) is 1. The molecular formula is C20H38N2OS. The average Bonchev–Trinajstić information content (AvgIpc) is 2.61. The second-order valence-electron chi connectivity index (χ2n) is 8.02. The van der Waals surface area contributed by atoms with Gasteiger partial charge in [-0.25, -0.2) is 0 Å². The maximum atomic E-state index is 12.2. The predicted molar refractivity (Wildman–Crippen MR) is 105 cm³/mol. The Morgan fingerprint density at radius 3 is 2.33 bits per heavy atom. The van der Waals surface area contributed by atoms with Crippen molar-refractivity contribution in [3.8, 4) is 0 Å². The lowest BCUT2D eigenvalue weighted by atomic mass is 9.80. The first-order valence-electron chi connectivity index (χ1n) is 10.3. The first kappa shape index (κ1) is 20.3. The monoisotopic (exact) mass is 354 g/mol. The van der Waals surface area contributed by atoms with E-state index in [1.807, 2.05) is 25.8 Å². The normalized spacial score (nSPS) is 26.8. The molecule has 3 nitrogen and oxygen atoms in total. The van der Waals surface area contributed by atoms with Gasteiger partial charge in [-0.2, -0.15) is 0 Å². The lowest BCUT2D eigenvalue weighted by molar-refractivity contribution is -0.127. The van der Waals surface area contributed by atoms with Gasteiger partial charge in [0.2, 0.25) is 0 Å². The van der Waals surface area contributed by atoms with Crippen molar-refractivity contribution in [1.82, 2.24) is 9.62 Å². The molecule has 1 aliphatic carbocycles. The van der Waals surface area contributed by atoms with Gasteiger partial charge in [0, 0.05) is 29.7 Å². The standard InChI is InChI=1S/C20H38N2OS/c1-4-5-6-13-21-24-19-11-14-22(15-12-19)18-9-7-17(8-10-18)20(23)16(2)3/h16-19,21H,4-15H2,1-3H3. The van der Waals surface area contributed by atoms with Gasteiger partial charge in [0.15, 0.2) is 0 Å². The van der Waals surface area contributed by atoms with Crippen molar-refractivity contribution in [3.05, 3.63) is 0 Å². The van der Waals surface area contributed by atoms with Crippen LogP contribution in [-0.4, -0.2) is 41.6 Å². The number of rotatable bonds is 9. The van der Waals surface area contributed by atoms with Gasteiger partial charge in [0.1, 0.15) is 5.78 Å². The fraction of sp³-hybridized carbons (Fsp3) is 0.950. The molecule has 1 heterocycles. The summed E-state index contributed by atoms with van der Waals surface area (Å²) in [6.45, 7) is 10.0. The van der Waals surface area contributed by atoms with Crippen LogP contribution in [0.5, 0.6) is 0 Å². The van der Waals surface area contributed by atoms with Gasteiger partial charge in [-0.05, 0) is 58.0 Å². The quantitative estimate of drug-likeness (QED) is 0.482. The number of carbonyl (C=O) groups excluding carboxylic acids is 1. The van der Waals surface area contributed by atoms with Gasteiger partial charge >= 0.3 is 0 Å². The highest BCUT2D eigenvalue weighted by Gasteiger charge is 2.32. The number of nitrogens with zero attached hydrogens (tertiary/aromatic N) is 1. The summed E-state index contributed by atoms with van der Waals surface area (Å²) in [6, 6.07) is 0.740. The number of likely N-dealkylation sites (tertiary alicyclic amines) is 1. The maximum Gasteiger partial charge on any atom is 0.138 e. The van der Waals surface area contributed by atoms with Crippen molar-refractivity contribution >= 4 is 17.7 Å². The second kappa shape index (κ2) is 10.8. The van der Waals surface area contributed by atoms with E-state index in [9.17, 15) is 4.79 Å². The first-order valence-corrected chi connectivity index (χ1v) is 11.2. The van der Waals surface area contributed by atoms with Gasteiger partial charge in [0.05, 0.1) is 0 Å². The van der Waals surface area contributed by atoms with Crippen LogP contribution < -0.4 is 4.72 Å². The van der Waals surface area contributed by atoms with Crippen LogP contribution in [0, 0.1) is 11.8 Å². The molecular weight excluding hydrogens is 316 g/mol. The van der Waals surface area contributed by atoms with Crippen LogP contribution in [0.2, 0.25) is 0 Å². The topological polar surface area (TPSA) is 32.3 Å². The zero-order valence-electron chi connectivity index (χ0n) is 16.1. The van der Waals surface area contributed by atoms with Crippen molar-refractivity contribution in [3.63, 3.8) is 0 Å². The molecule has 0 amide bonds. The molecule has 1 aliphatic heterocycles. The summed E-state index contributed by atoms with van der Waals surface area (Å²) >= 11 is 1.98. The summed E-state index contributed by atoms with van der Waals surface area (Å²) in [5.41, 5.74) is 0. The van der Waals surface area contributed by atoms with Crippen LogP contribution >= 0.6 is 11.9 Å². The molecule has 1 saturated carbocycles. The molecule has 0 unspecified atom stereocenters. The van der Waals surface area contributed by atoms with E-state index in [0.29, 0.717) is 11.7 Å². The molecule has 1 N–H and O–H groups in total. The van der Waals surface area contributed by atoms with Crippen LogP contribution in [0.25, 0.3) is 0 Å². The predicted octanol–water partition coefficient (Wildman–Crippen LogP) is 4.66. The van der Waals surface area contributed by atoms with Crippen molar-refractivity contribution in [1.29, 1.82) is 0 Å². The van der Waals surface area contributed by atoms with Gasteiger partial charge in [-0.3, -0.25) is 9.52 Å².